The van der Waals surface area contributed by atoms with Gasteiger partial charge in [-0.2, -0.15) is 0 Å². The standard InChI is InChI=1S/C18H11N5O5S/c24-15(9-3-10-14(19-5-9)21-17(26)22-16(10)25)23-18-20-11(6-29-18)8-1-2-12-13(4-8)28-7-27-12/h1-6H,7H2,(H,20,23,24)(H2,19,21,22,25,26). The summed E-state index contributed by atoms with van der Waals surface area (Å²) in [5, 5.41) is 4.99. The van der Waals surface area contributed by atoms with Gasteiger partial charge in [-0.1, -0.05) is 0 Å². The lowest BCUT2D eigenvalue weighted by atomic mass is 10.1. The van der Waals surface area contributed by atoms with Crippen LogP contribution in [0.15, 0.2) is 45.4 Å². The van der Waals surface area contributed by atoms with Crippen LogP contribution in [-0.2, 0) is 0 Å². The molecule has 11 heteroatoms. The van der Waals surface area contributed by atoms with E-state index in [0.717, 1.165) is 5.56 Å². The third-order valence-corrected chi connectivity index (χ3v) is 5.00. The number of rotatable bonds is 3. The van der Waals surface area contributed by atoms with Crippen LogP contribution in [0.2, 0.25) is 0 Å². The zero-order valence-electron chi connectivity index (χ0n) is 14.5. The molecule has 0 saturated heterocycles. The number of benzene rings is 1. The molecule has 29 heavy (non-hydrogen) atoms. The number of aromatic nitrogens is 4. The zero-order valence-corrected chi connectivity index (χ0v) is 15.3. The molecule has 5 rings (SSSR count). The molecule has 0 unspecified atom stereocenters. The highest BCUT2D eigenvalue weighted by Gasteiger charge is 2.16. The normalized spacial score (nSPS) is 12.3. The van der Waals surface area contributed by atoms with Crippen LogP contribution in [0.25, 0.3) is 22.3 Å². The van der Waals surface area contributed by atoms with E-state index >= 15 is 0 Å². The van der Waals surface area contributed by atoms with Crippen LogP contribution in [0.5, 0.6) is 11.5 Å². The Morgan fingerprint density at radius 3 is 2.90 bits per heavy atom. The number of H-pyrrole nitrogens is 2. The molecule has 0 saturated carbocycles. The molecule has 4 heterocycles. The minimum atomic E-state index is -0.661. The number of ether oxygens (including phenoxy) is 2. The molecule has 1 aromatic carbocycles. The highest BCUT2D eigenvalue weighted by molar-refractivity contribution is 7.14. The first kappa shape index (κ1) is 17.1. The predicted octanol–water partition coefficient (Wildman–Crippen LogP) is 1.72. The molecule has 1 aliphatic heterocycles. The minimum Gasteiger partial charge on any atom is -0.454 e. The summed E-state index contributed by atoms with van der Waals surface area (Å²) in [6.07, 6.45) is 1.28. The van der Waals surface area contributed by atoms with Crippen LogP contribution < -0.4 is 26.0 Å². The van der Waals surface area contributed by atoms with Crippen molar-refractivity contribution in [2.45, 2.75) is 0 Å². The van der Waals surface area contributed by atoms with Crippen LogP contribution >= 0.6 is 11.3 Å². The van der Waals surface area contributed by atoms with Crippen molar-refractivity contribution >= 4 is 33.4 Å². The second kappa shape index (κ2) is 6.56. The molecule has 3 aromatic heterocycles. The van der Waals surface area contributed by atoms with Gasteiger partial charge in [-0.3, -0.25) is 24.9 Å². The van der Waals surface area contributed by atoms with E-state index in [1.807, 2.05) is 12.1 Å². The molecule has 3 N–H and O–H groups in total. The molecule has 10 nitrogen and oxygen atoms in total. The molecule has 0 radical (unpaired) electrons. The fourth-order valence-electron chi connectivity index (χ4n) is 2.86. The molecular formula is C18H11N5O5S. The monoisotopic (exact) mass is 409 g/mol. The Morgan fingerprint density at radius 1 is 1.14 bits per heavy atom. The van der Waals surface area contributed by atoms with E-state index in [9.17, 15) is 14.4 Å². The average Bonchev–Trinajstić information content (AvgIpc) is 3.36. The minimum absolute atomic E-state index is 0.106. The number of carbonyl (C=O) groups is 1. The summed E-state index contributed by atoms with van der Waals surface area (Å²) in [6.45, 7) is 0.188. The van der Waals surface area contributed by atoms with E-state index in [-0.39, 0.29) is 23.4 Å². The highest BCUT2D eigenvalue weighted by Crippen LogP contribution is 2.36. The van der Waals surface area contributed by atoms with Gasteiger partial charge >= 0.3 is 5.69 Å². The van der Waals surface area contributed by atoms with Gasteiger partial charge in [0, 0.05) is 17.1 Å². The second-order valence-corrected chi connectivity index (χ2v) is 6.95. The van der Waals surface area contributed by atoms with E-state index in [2.05, 4.69) is 25.3 Å². The fraction of sp³-hybridized carbons (Fsp3) is 0.0556. The summed E-state index contributed by atoms with van der Waals surface area (Å²) in [6, 6.07) is 6.84. The maximum absolute atomic E-state index is 12.5. The first-order valence-corrected chi connectivity index (χ1v) is 9.24. The van der Waals surface area contributed by atoms with Gasteiger partial charge in [0.15, 0.2) is 16.6 Å². The van der Waals surface area contributed by atoms with Crippen molar-refractivity contribution in [3.8, 4) is 22.8 Å². The van der Waals surface area contributed by atoms with E-state index in [4.69, 9.17) is 9.47 Å². The molecule has 4 aromatic rings. The highest BCUT2D eigenvalue weighted by atomic mass is 32.1. The van der Waals surface area contributed by atoms with Gasteiger partial charge in [0.1, 0.15) is 5.65 Å². The van der Waals surface area contributed by atoms with Gasteiger partial charge in [-0.25, -0.2) is 14.8 Å². The largest absolute Gasteiger partial charge is 0.454 e. The van der Waals surface area contributed by atoms with Gasteiger partial charge in [0.2, 0.25) is 6.79 Å². The number of pyridine rings is 1. The zero-order chi connectivity index (χ0) is 20.0. The maximum Gasteiger partial charge on any atom is 0.327 e. The molecular weight excluding hydrogens is 398 g/mol. The first-order chi connectivity index (χ1) is 14.1. The smallest absolute Gasteiger partial charge is 0.327 e. The van der Waals surface area contributed by atoms with Gasteiger partial charge < -0.3 is 9.47 Å². The molecule has 144 valence electrons. The van der Waals surface area contributed by atoms with Crippen molar-refractivity contribution in [1.29, 1.82) is 0 Å². The number of carbonyl (C=O) groups excluding carboxylic acids is 1. The predicted molar refractivity (Wildman–Crippen MR) is 105 cm³/mol. The third kappa shape index (κ3) is 3.12. The van der Waals surface area contributed by atoms with Crippen LogP contribution in [-0.4, -0.2) is 32.6 Å². The van der Waals surface area contributed by atoms with E-state index in [0.29, 0.717) is 22.3 Å². The van der Waals surface area contributed by atoms with E-state index in [1.54, 1.807) is 11.4 Å². The van der Waals surface area contributed by atoms with Crippen LogP contribution in [0, 0.1) is 0 Å². The Balaban J connectivity index is 1.40. The SMILES string of the molecule is O=C(Nc1nc(-c2ccc3c(c2)OCO3)cs1)c1cnc2[nH]c(=O)[nH]c(=O)c2c1. The molecule has 0 aliphatic carbocycles. The van der Waals surface area contributed by atoms with Crippen molar-refractivity contribution in [1.82, 2.24) is 19.9 Å². The second-order valence-electron chi connectivity index (χ2n) is 6.09. The number of amides is 1. The van der Waals surface area contributed by atoms with E-state index in [1.165, 1.54) is 23.6 Å². The summed E-state index contributed by atoms with van der Waals surface area (Å²) in [5.41, 5.74) is 0.490. The number of nitrogens with one attached hydrogen (secondary N) is 3. The number of aromatic amines is 2. The molecule has 1 aliphatic rings. The van der Waals surface area contributed by atoms with Crippen LogP contribution in [0.1, 0.15) is 10.4 Å². The molecule has 1 amide bonds. The Bertz CT molecular complexity index is 1390. The number of anilines is 1. The van der Waals surface area contributed by atoms with Gasteiger partial charge in [0.05, 0.1) is 16.6 Å². The summed E-state index contributed by atoms with van der Waals surface area (Å²) < 4.78 is 10.7. The number of nitrogens with zero attached hydrogens (tertiary/aromatic N) is 2. The molecule has 0 bridgehead atoms. The Kier molecular flexibility index (Phi) is 3.88. The van der Waals surface area contributed by atoms with Crippen molar-refractivity contribution in [3.63, 3.8) is 0 Å². The van der Waals surface area contributed by atoms with Gasteiger partial charge in [-0.15, -0.1) is 11.3 Å². The fourth-order valence-corrected chi connectivity index (χ4v) is 3.57. The van der Waals surface area contributed by atoms with Crippen LogP contribution in [0.3, 0.4) is 0 Å². The average molecular weight is 409 g/mol. The number of fused-ring (bicyclic) bond motifs is 2. The van der Waals surface area contributed by atoms with Crippen LogP contribution in [0.4, 0.5) is 5.13 Å². The Morgan fingerprint density at radius 2 is 2.00 bits per heavy atom. The summed E-state index contributed by atoms with van der Waals surface area (Å²) in [7, 11) is 0. The Labute approximate surface area is 165 Å². The van der Waals surface area contributed by atoms with Crippen molar-refractivity contribution in [3.05, 3.63) is 62.2 Å². The van der Waals surface area contributed by atoms with E-state index < -0.39 is 17.2 Å². The lowest BCUT2D eigenvalue weighted by molar-refractivity contribution is 0.102. The van der Waals surface area contributed by atoms with Crippen molar-refractivity contribution in [2.75, 3.05) is 12.1 Å². The molecule has 0 atom stereocenters. The number of hydrogen-bond donors (Lipinski definition) is 3. The Hall–Kier alpha value is -3.99. The van der Waals surface area contributed by atoms with Gasteiger partial charge in [-0.05, 0) is 24.3 Å². The van der Waals surface area contributed by atoms with Crippen molar-refractivity contribution < 1.29 is 14.3 Å². The summed E-state index contributed by atoms with van der Waals surface area (Å²) in [5.74, 6) is 0.848. The van der Waals surface area contributed by atoms with Crippen molar-refractivity contribution in [2.24, 2.45) is 0 Å². The summed E-state index contributed by atoms with van der Waals surface area (Å²) in [4.78, 5) is 48.6. The third-order valence-electron chi connectivity index (χ3n) is 4.25. The maximum atomic E-state index is 12.5. The number of hydrogen-bond acceptors (Lipinski definition) is 8. The lowest BCUT2D eigenvalue weighted by Gasteiger charge is -2.03. The summed E-state index contributed by atoms with van der Waals surface area (Å²) >= 11 is 1.26. The first-order valence-electron chi connectivity index (χ1n) is 8.36. The quantitative estimate of drug-likeness (QED) is 0.468. The lowest BCUT2D eigenvalue weighted by Crippen LogP contribution is -2.23. The molecule has 0 fully saturated rings. The molecule has 0 spiro atoms. The van der Waals surface area contributed by atoms with Gasteiger partial charge in [0.25, 0.3) is 11.5 Å². The number of thiazole rings is 1. The topological polar surface area (TPSA) is 139 Å².